The number of ether oxygens (including phenoxy) is 1. The van der Waals surface area contributed by atoms with Gasteiger partial charge in [0.15, 0.2) is 6.61 Å². The maximum absolute atomic E-state index is 11.7. The molecule has 2 N–H and O–H groups in total. The van der Waals surface area contributed by atoms with Gasteiger partial charge in [-0.05, 0) is 37.1 Å². The number of amides is 1. The van der Waals surface area contributed by atoms with E-state index in [1.54, 1.807) is 0 Å². The van der Waals surface area contributed by atoms with Crippen LogP contribution in [0.1, 0.15) is 32.8 Å². The first kappa shape index (κ1) is 19.7. The molecule has 0 aliphatic carbocycles. The van der Waals surface area contributed by atoms with Crippen LogP contribution in [-0.2, 0) is 10.2 Å². The molecule has 0 aliphatic rings. The monoisotopic (exact) mass is 314 g/mol. The number of carbonyl (C=O) groups is 1. The Bertz CT molecular complexity index is 431. The molecule has 0 unspecified atom stereocenters. The van der Waals surface area contributed by atoms with Crippen LogP contribution in [0.5, 0.6) is 5.75 Å². The zero-order valence-corrected chi connectivity index (χ0v) is 14.2. The van der Waals surface area contributed by atoms with E-state index in [0.717, 1.165) is 24.3 Å². The van der Waals surface area contributed by atoms with Crippen molar-refractivity contribution in [2.75, 3.05) is 26.7 Å². The normalized spacial score (nSPS) is 10.7. The molecule has 21 heavy (non-hydrogen) atoms. The summed E-state index contributed by atoms with van der Waals surface area (Å²) in [5.41, 5.74) is 1.11. The Morgan fingerprint density at radius 1 is 1.19 bits per heavy atom. The fraction of sp³-hybridized carbons (Fsp3) is 0.562. The Labute approximate surface area is 134 Å². The highest BCUT2D eigenvalue weighted by Gasteiger charge is 2.18. The van der Waals surface area contributed by atoms with E-state index >= 15 is 0 Å². The van der Waals surface area contributed by atoms with E-state index in [9.17, 15) is 4.79 Å². The molecule has 0 bridgehead atoms. The van der Waals surface area contributed by atoms with Crippen LogP contribution >= 0.6 is 12.4 Å². The van der Waals surface area contributed by atoms with E-state index in [4.69, 9.17) is 4.74 Å². The van der Waals surface area contributed by atoms with Crippen LogP contribution in [0, 0.1) is 0 Å². The molecule has 1 rings (SSSR count). The molecule has 0 aromatic heterocycles. The van der Waals surface area contributed by atoms with Gasteiger partial charge in [-0.15, -0.1) is 12.4 Å². The molecule has 120 valence electrons. The maximum Gasteiger partial charge on any atom is 0.257 e. The van der Waals surface area contributed by atoms with Gasteiger partial charge in [-0.2, -0.15) is 0 Å². The predicted octanol–water partition coefficient (Wildman–Crippen LogP) is 2.51. The summed E-state index contributed by atoms with van der Waals surface area (Å²) in [6, 6.07) is 7.87. The summed E-state index contributed by atoms with van der Waals surface area (Å²) in [6.07, 6.45) is 0.917. The lowest BCUT2D eigenvalue weighted by molar-refractivity contribution is -0.123. The average Bonchev–Trinajstić information content (AvgIpc) is 2.40. The van der Waals surface area contributed by atoms with Gasteiger partial charge in [-0.1, -0.05) is 39.0 Å². The molecule has 0 radical (unpaired) electrons. The van der Waals surface area contributed by atoms with Crippen molar-refractivity contribution in [1.82, 2.24) is 10.6 Å². The molecular weight excluding hydrogens is 288 g/mol. The standard InChI is InChI=1S/C16H26N2O2.ClH/c1-16(2,3)13-8-5-6-9-14(13)20-12-15(19)18-11-7-10-17-4;/h5-6,8-9,17H,7,10-12H2,1-4H3,(H,18,19);1H. The minimum absolute atomic E-state index is 0. The number of halogens is 1. The van der Waals surface area contributed by atoms with Crippen LogP contribution in [0.2, 0.25) is 0 Å². The summed E-state index contributed by atoms with van der Waals surface area (Å²) in [5.74, 6) is 0.704. The second-order valence-electron chi connectivity index (χ2n) is 5.84. The van der Waals surface area contributed by atoms with Gasteiger partial charge >= 0.3 is 0 Å². The number of para-hydroxylation sites is 1. The van der Waals surface area contributed by atoms with Gasteiger partial charge in [-0.3, -0.25) is 4.79 Å². The highest BCUT2D eigenvalue weighted by Crippen LogP contribution is 2.30. The SMILES string of the molecule is CNCCCNC(=O)COc1ccccc1C(C)(C)C.Cl. The lowest BCUT2D eigenvalue weighted by Crippen LogP contribution is -2.31. The van der Waals surface area contributed by atoms with Crippen molar-refractivity contribution in [3.63, 3.8) is 0 Å². The number of nitrogens with one attached hydrogen (secondary N) is 2. The van der Waals surface area contributed by atoms with Crippen LogP contribution in [0.3, 0.4) is 0 Å². The Kier molecular flexibility index (Phi) is 9.06. The molecular formula is C16H27ClN2O2. The van der Waals surface area contributed by atoms with Crippen molar-refractivity contribution in [2.24, 2.45) is 0 Å². The van der Waals surface area contributed by atoms with Gasteiger partial charge in [-0.25, -0.2) is 0 Å². The van der Waals surface area contributed by atoms with Crippen LogP contribution in [0.4, 0.5) is 0 Å². The van der Waals surface area contributed by atoms with E-state index in [1.807, 2.05) is 31.3 Å². The van der Waals surface area contributed by atoms with Crippen molar-refractivity contribution in [3.8, 4) is 5.75 Å². The van der Waals surface area contributed by atoms with E-state index in [2.05, 4.69) is 31.4 Å². The van der Waals surface area contributed by atoms with E-state index in [0.29, 0.717) is 6.54 Å². The third kappa shape index (κ3) is 7.34. The molecule has 1 amide bonds. The van der Waals surface area contributed by atoms with E-state index in [-0.39, 0.29) is 30.3 Å². The quantitative estimate of drug-likeness (QED) is 0.760. The molecule has 4 nitrogen and oxygen atoms in total. The Morgan fingerprint density at radius 2 is 1.86 bits per heavy atom. The molecule has 5 heteroatoms. The molecule has 0 spiro atoms. The van der Waals surface area contributed by atoms with Gasteiger partial charge < -0.3 is 15.4 Å². The highest BCUT2D eigenvalue weighted by molar-refractivity contribution is 5.85. The summed E-state index contributed by atoms with van der Waals surface area (Å²) in [5, 5.41) is 5.88. The molecule has 1 aromatic rings. The molecule has 0 fully saturated rings. The second-order valence-corrected chi connectivity index (χ2v) is 5.84. The fourth-order valence-corrected chi connectivity index (χ4v) is 1.90. The summed E-state index contributed by atoms with van der Waals surface area (Å²) in [7, 11) is 1.90. The van der Waals surface area contributed by atoms with E-state index < -0.39 is 0 Å². The second kappa shape index (κ2) is 9.64. The summed E-state index contributed by atoms with van der Waals surface area (Å²) in [6.45, 7) is 8.03. The molecule has 0 aliphatic heterocycles. The average molecular weight is 315 g/mol. The zero-order valence-electron chi connectivity index (χ0n) is 13.4. The smallest absolute Gasteiger partial charge is 0.257 e. The van der Waals surface area contributed by atoms with Crippen molar-refractivity contribution in [2.45, 2.75) is 32.6 Å². The number of benzene rings is 1. The van der Waals surface area contributed by atoms with Crippen LogP contribution in [0.15, 0.2) is 24.3 Å². The van der Waals surface area contributed by atoms with E-state index in [1.165, 1.54) is 0 Å². The van der Waals surface area contributed by atoms with Crippen molar-refractivity contribution < 1.29 is 9.53 Å². The molecule has 0 saturated heterocycles. The summed E-state index contributed by atoms with van der Waals surface area (Å²) < 4.78 is 5.65. The Balaban J connectivity index is 0.00000400. The lowest BCUT2D eigenvalue weighted by atomic mass is 9.86. The minimum atomic E-state index is -0.0789. The predicted molar refractivity (Wildman–Crippen MR) is 89.4 cm³/mol. The van der Waals surface area contributed by atoms with Crippen molar-refractivity contribution in [3.05, 3.63) is 29.8 Å². The van der Waals surface area contributed by atoms with Gasteiger partial charge in [0.1, 0.15) is 5.75 Å². The topological polar surface area (TPSA) is 50.4 Å². The van der Waals surface area contributed by atoms with Gasteiger partial charge in [0.25, 0.3) is 5.91 Å². The first-order valence-electron chi connectivity index (χ1n) is 7.08. The molecule has 0 saturated carbocycles. The van der Waals surface area contributed by atoms with Crippen LogP contribution in [0.25, 0.3) is 0 Å². The molecule has 0 heterocycles. The van der Waals surface area contributed by atoms with Crippen LogP contribution < -0.4 is 15.4 Å². The highest BCUT2D eigenvalue weighted by atomic mass is 35.5. The van der Waals surface area contributed by atoms with Gasteiger partial charge in [0.2, 0.25) is 0 Å². The largest absolute Gasteiger partial charge is 0.483 e. The third-order valence-corrected chi connectivity index (χ3v) is 2.98. The maximum atomic E-state index is 11.7. The van der Waals surface area contributed by atoms with Crippen LogP contribution in [-0.4, -0.2) is 32.7 Å². The zero-order chi connectivity index (χ0) is 15.0. The first-order chi connectivity index (χ1) is 9.45. The lowest BCUT2D eigenvalue weighted by Gasteiger charge is -2.22. The summed E-state index contributed by atoms with van der Waals surface area (Å²) >= 11 is 0. The minimum Gasteiger partial charge on any atom is -0.483 e. The Hall–Kier alpha value is -1.26. The number of hydrogen-bond acceptors (Lipinski definition) is 3. The molecule has 0 atom stereocenters. The number of carbonyl (C=O) groups excluding carboxylic acids is 1. The number of hydrogen-bond donors (Lipinski definition) is 2. The van der Waals surface area contributed by atoms with Crippen molar-refractivity contribution in [1.29, 1.82) is 0 Å². The number of rotatable bonds is 7. The van der Waals surface area contributed by atoms with Gasteiger partial charge in [0, 0.05) is 6.54 Å². The third-order valence-electron chi connectivity index (χ3n) is 2.98. The first-order valence-corrected chi connectivity index (χ1v) is 7.08. The van der Waals surface area contributed by atoms with Gasteiger partial charge in [0.05, 0.1) is 0 Å². The fourth-order valence-electron chi connectivity index (χ4n) is 1.90. The van der Waals surface area contributed by atoms with Crippen molar-refractivity contribution >= 4 is 18.3 Å². The molecule has 1 aromatic carbocycles. The summed E-state index contributed by atoms with van der Waals surface area (Å²) in [4.78, 5) is 11.7. The Morgan fingerprint density at radius 3 is 2.48 bits per heavy atom.